The van der Waals surface area contributed by atoms with E-state index in [1.54, 1.807) is 19.1 Å². The van der Waals surface area contributed by atoms with Crippen molar-refractivity contribution in [1.82, 2.24) is 4.90 Å². The molecule has 1 aliphatic heterocycles. The van der Waals surface area contributed by atoms with Gasteiger partial charge < -0.3 is 24.4 Å². The van der Waals surface area contributed by atoms with Gasteiger partial charge in [0.1, 0.15) is 23.3 Å². The summed E-state index contributed by atoms with van der Waals surface area (Å²) in [5.74, 6) is 1.73. The summed E-state index contributed by atoms with van der Waals surface area (Å²) >= 11 is 0. The zero-order chi connectivity index (χ0) is 25.1. The van der Waals surface area contributed by atoms with E-state index in [9.17, 15) is 9.59 Å². The van der Waals surface area contributed by atoms with Crippen molar-refractivity contribution in [3.05, 3.63) is 82.9 Å². The van der Waals surface area contributed by atoms with E-state index in [1.807, 2.05) is 74.5 Å². The fourth-order valence-electron chi connectivity index (χ4n) is 4.33. The van der Waals surface area contributed by atoms with Crippen molar-refractivity contribution in [3.8, 4) is 17.2 Å². The largest absolute Gasteiger partial charge is 0.497 e. The number of nitrogens with one attached hydrogen (secondary N) is 1. The van der Waals surface area contributed by atoms with Gasteiger partial charge in [-0.1, -0.05) is 24.3 Å². The van der Waals surface area contributed by atoms with Crippen LogP contribution in [0.5, 0.6) is 17.2 Å². The van der Waals surface area contributed by atoms with E-state index in [1.165, 1.54) is 6.92 Å². The predicted octanol–water partition coefficient (Wildman–Crippen LogP) is 4.81. The Labute approximate surface area is 205 Å². The third kappa shape index (κ3) is 5.09. The number of hydrogen-bond donors (Lipinski definition) is 1. The predicted molar refractivity (Wildman–Crippen MR) is 134 cm³/mol. The molecular weight excluding hydrogens is 444 g/mol. The number of aryl methyl sites for hydroxylation is 2. The summed E-state index contributed by atoms with van der Waals surface area (Å²) in [4.78, 5) is 26.7. The Kier molecular flexibility index (Phi) is 6.96. The number of ether oxygens (including phenoxy) is 3. The number of carbonyl (C=O) groups excluding carboxylic acids is 2. The monoisotopic (exact) mass is 474 g/mol. The number of methoxy groups -OCH3 is 2. The molecule has 0 aliphatic carbocycles. The van der Waals surface area contributed by atoms with Crippen LogP contribution in [0.15, 0.2) is 60.7 Å². The molecule has 4 rings (SSSR count). The highest BCUT2D eigenvalue weighted by atomic mass is 16.5. The van der Waals surface area contributed by atoms with E-state index in [2.05, 4.69) is 5.32 Å². The molecule has 1 saturated heterocycles. The topological polar surface area (TPSA) is 77.1 Å². The summed E-state index contributed by atoms with van der Waals surface area (Å²) in [7, 11) is 3.21. The minimum Gasteiger partial charge on any atom is -0.497 e. The van der Waals surface area contributed by atoms with E-state index in [-0.39, 0.29) is 11.8 Å². The van der Waals surface area contributed by atoms with Crippen molar-refractivity contribution in [2.24, 2.45) is 0 Å². The molecular formula is C28H30N2O5. The Morgan fingerprint density at radius 1 is 0.971 bits per heavy atom. The number of anilines is 1. The molecule has 0 spiro atoms. The molecule has 2 amide bonds. The van der Waals surface area contributed by atoms with Gasteiger partial charge in [0.15, 0.2) is 0 Å². The lowest BCUT2D eigenvalue weighted by Gasteiger charge is -2.47. The lowest BCUT2D eigenvalue weighted by Crippen LogP contribution is -2.60. The number of β-lactam (4-membered cyclic amide) rings is 1. The van der Waals surface area contributed by atoms with E-state index in [4.69, 9.17) is 14.2 Å². The number of hydrogen-bond acceptors (Lipinski definition) is 5. The summed E-state index contributed by atoms with van der Waals surface area (Å²) in [6.45, 7) is 5.77. The summed E-state index contributed by atoms with van der Waals surface area (Å²) in [6, 6.07) is 18.6. The second kappa shape index (κ2) is 10.1. The lowest BCUT2D eigenvalue weighted by atomic mass is 9.88. The number of rotatable bonds is 8. The van der Waals surface area contributed by atoms with Gasteiger partial charge in [0.25, 0.3) is 5.91 Å². The van der Waals surface area contributed by atoms with Crippen LogP contribution in [0, 0.1) is 13.8 Å². The van der Waals surface area contributed by atoms with Crippen LogP contribution in [0.25, 0.3) is 0 Å². The molecule has 1 fully saturated rings. The Morgan fingerprint density at radius 2 is 1.77 bits per heavy atom. The van der Waals surface area contributed by atoms with Gasteiger partial charge in [0.05, 0.1) is 14.2 Å². The molecule has 1 aliphatic rings. The molecule has 2 unspecified atom stereocenters. The SMILES string of the molecule is COc1ccc(OC)c(C2C(Oc3cc(C)ccc3C)C(=O)N2Cc2cccc(NC(C)=O)c2)c1. The second-order valence-electron chi connectivity index (χ2n) is 8.71. The van der Waals surface area contributed by atoms with Crippen LogP contribution in [0.3, 0.4) is 0 Å². The molecule has 35 heavy (non-hydrogen) atoms. The van der Waals surface area contributed by atoms with Gasteiger partial charge in [-0.15, -0.1) is 0 Å². The molecule has 7 nitrogen and oxygen atoms in total. The molecule has 1 heterocycles. The number of amides is 2. The minimum atomic E-state index is -0.713. The molecule has 1 N–H and O–H groups in total. The highest BCUT2D eigenvalue weighted by Gasteiger charge is 2.51. The Morgan fingerprint density at radius 3 is 2.49 bits per heavy atom. The maximum absolute atomic E-state index is 13.4. The number of benzene rings is 3. The lowest BCUT2D eigenvalue weighted by molar-refractivity contribution is -0.165. The maximum atomic E-state index is 13.4. The Hall–Kier alpha value is -4.00. The van der Waals surface area contributed by atoms with Crippen LogP contribution in [-0.4, -0.2) is 37.0 Å². The maximum Gasteiger partial charge on any atom is 0.267 e. The fourth-order valence-corrected chi connectivity index (χ4v) is 4.33. The van der Waals surface area contributed by atoms with Crippen molar-refractivity contribution < 1.29 is 23.8 Å². The van der Waals surface area contributed by atoms with Crippen LogP contribution in [0.4, 0.5) is 5.69 Å². The van der Waals surface area contributed by atoms with Crippen molar-refractivity contribution in [1.29, 1.82) is 0 Å². The number of carbonyl (C=O) groups is 2. The smallest absolute Gasteiger partial charge is 0.267 e. The Bertz CT molecular complexity index is 1260. The van der Waals surface area contributed by atoms with Gasteiger partial charge in [-0.25, -0.2) is 0 Å². The zero-order valence-corrected chi connectivity index (χ0v) is 20.6. The first kappa shape index (κ1) is 24.1. The minimum absolute atomic E-state index is 0.120. The normalized spacial score (nSPS) is 16.9. The van der Waals surface area contributed by atoms with Crippen molar-refractivity contribution in [2.45, 2.75) is 39.5 Å². The summed E-state index contributed by atoms with van der Waals surface area (Å²) < 4.78 is 17.4. The van der Waals surface area contributed by atoms with Gasteiger partial charge in [0, 0.05) is 24.7 Å². The fraction of sp³-hybridized carbons (Fsp3) is 0.286. The van der Waals surface area contributed by atoms with E-state index >= 15 is 0 Å². The third-order valence-electron chi connectivity index (χ3n) is 6.10. The van der Waals surface area contributed by atoms with E-state index in [0.29, 0.717) is 29.5 Å². The van der Waals surface area contributed by atoms with Gasteiger partial charge in [-0.2, -0.15) is 0 Å². The average molecular weight is 475 g/mol. The highest BCUT2D eigenvalue weighted by molar-refractivity contribution is 5.90. The van der Waals surface area contributed by atoms with Crippen molar-refractivity contribution >= 4 is 17.5 Å². The first-order chi connectivity index (χ1) is 16.8. The first-order valence-corrected chi connectivity index (χ1v) is 11.4. The molecule has 2 atom stereocenters. The second-order valence-corrected chi connectivity index (χ2v) is 8.71. The standard InChI is InChI=1S/C28H30N2O5/c1-17-9-10-18(2)25(13-17)35-27-26(23-15-22(33-4)11-12-24(23)34-5)30(28(27)32)16-20-7-6-8-21(14-20)29-19(3)31/h6-15,26-27H,16H2,1-5H3,(H,29,31). The summed E-state index contributed by atoms with van der Waals surface area (Å²) in [6.07, 6.45) is -0.713. The molecule has 0 aromatic heterocycles. The van der Waals surface area contributed by atoms with E-state index in [0.717, 1.165) is 22.3 Å². The van der Waals surface area contributed by atoms with Crippen LogP contribution in [-0.2, 0) is 16.1 Å². The van der Waals surface area contributed by atoms with Gasteiger partial charge in [-0.05, 0) is 66.9 Å². The molecule has 0 bridgehead atoms. The molecule has 182 valence electrons. The van der Waals surface area contributed by atoms with E-state index < -0.39 is 12.1 Å². The number of likely N-dealkylation sites (tertiary alicyclic amines) is 1. The van der Waals surface area contributed by atoms with Crippen LogP contribution >= 0.6 is 0 Å². The third-order valence-corrected chi connectivity index (χ3v) is 6.10. The molecule has 3 aromatic carbocycles. The van der Waals surface area contributed by atoms with Crippen molar-refractivity contribution in [2.75, 3.05) is 19.5 Å². The van der Waals surface area contributed by atoms with Crippen LogP contribution < -0.4 is 19.5 Å². The van der Waals surface area contributed by atoms with Crippen LogP contribution in [0.1, 0.15) is 35.2 Å². The summed E-state index contributed by atoms with van der Waals surface area (Å²) in [5.41, 5.74) is 4.39. The molecule has 0 radical (unpaired) electrons. The molecule has 0 saturated carbocycles. The average Bonchev–Trinajstić information content (AvgIpc) is 2.84. The Balaban J connectivity index is 1.70. The number of nitrogens with zero attached hydrogens (tertiary/aromatic N) is 1. The van der Waals surface area contributed by atoms with Gasteiger partial charge in [-0.3, -0.25) is 9.59 Å². The van der Waals surface area contributed by atoms with Crippen molar-refractivity contribution in [3.63, 3.8) is 0 Å². The highest BCUT2D eigenvalue weighted by Crippen LogP contribution is 2.44. The zero-order valence-electron chi connectivity index (χ0n) is 20.6. The molecule has 3 aromatic rings. The molecule has 7 heteroatoms. The quantitative estimate of drug-likeness (QED) is 0.474. The first-order valence-electron chi connectivity index (χ1n) is 11.4. The summed E-state index contributed by atoms with van der Waals surface area (Å²) in [5, 5.41) is 2.79. The van der Waals surface area contributed by atoms with Crippen LogP contribution in [0.2, 0.25) is 0 Å². The van der Waals surface area contributed by atoms with Gasteiger partial charge >= 0.3 is 0 Å². The van der Waals surface area contributed by atoms with Gasteiger partial charge in [0.2, 0.25) is 12.0 Å².